The summed E-state index contributed by atoms with van der Waals surface area (Å²) < 4.78 is 6.61. The van der Waals surface area contributed by atoms with Crippen LogP contribution in [0.25, 0.3) is 0 Å². The Hall–Kier alpha value is -1.71. The number of aromatic nitrogens is 2. The van der Waals surface area contributed by atoms with Crippen LogP contribution >= 0.6 is 31.9 Å². The van der Waals surface area contributed by atoms with Gasteiger partial charge in [-0.05, 0) is 83.5 Å². The number of ether oxygens (including phenoxy) is 1. The zero-order chi connectivity index (χ0) is 27.5. The van der Waals surface area contributed by atoms with E-state index in [1.165, 1.54) is 71.3 Å². The van der Waals surface area contributed by atoms with Crippen LogP contribution in [0.2, 0.25) is 0 Å². The highest BCUT2D eigenvalue weighted by Gasteiger charge is 2.26. The molecule has 0 saturated heterocycles. The van der Waals surface area contributed by atoms with E-state index in [9.17, 15) is 9.90 Å². The first-order chi connectivity index (χ1) is 18.4. The maximum atomic E-state index is 12.0. The number of carbonyl (C=O) groups is 1. The average Bonchev–Trinajstić information content (AvgIpc) is 2.96. The van der Waals surface area contributed by atoms with Crippen LogP contribution in [0.3, 0.4) is 0 Å². The SMILES string of the molecule is CCN(c1ncc(Br)cc1C(=O)OC)C1CCCCC1.CCN(c1ncc(Br)cc1CO)C1CCCCC1. The number of aliphatic hydroxyl groups excluding tert-OH is 1. The van der Waals surface area contributed by atoms with E-state index < -0.39 is 0 Å². The van der Waals surface area contributed by atoms with Gasteiger partial charge in [-0.3, -0.25) is 0 Å². The first-order valence-corrected chi connectivity index (χ1v) is 15.5. The minimum Gasteiger partial charge on any atom is -0.465 e. The molecule has 2 aliphatic rings. The normalized spacial score (nSPS) is 16.4. The van der Waals surface area contributed by atoms with Crippen molar-refractivity contribution in [1.82, 2.24) is 9.97 Å². The van der Waals surface area contributed by atoms with Crippen LogP contribution < -0.4 is 9.80 Å². The van der Waals surface area contributed by atoms with Crippen LogP contribution in [0.1, 0.15) is 94.0 Å². The Balaban J connectivity index is 0.000000212. The van der Waals surface area contributed by atoms with Gasteiger partial charge in [0.15, 0.2) is 0 Å². The number of rotatable bonds is 8. The van der Waals surface area contributed by atoms with Crippen LogP contribution in [0, 0.1) is 0 Å². The number of nitrogens with zero attached hydrogens (tertiary/aromatic N) is 4. The van der Waals surface area contributed by atoms with Crippen molar-refractivity contribution >= 4 is 49.5 Å². The molecule has 9 heteroatoms. The second-order valence-electron chi connectivity index (χ2n) is 9.97. The van der Waals surface area contributed by atoms with E-state index in [0.29, 0.717) is 17.6 Å². The molecule has 0 amide bonds. The first-order valence-electron chi connectivity index (χ1n) is 14.0. The molecule has 0 unspecified atom stereocenters. The van der Waals surface area contributed by atoms with Crippen LogP contribution in [0.15, 0.2) is 33.5 Å². The van der Waals surface area contributed by atoms with E-state index in [0.717, 1.165) is 39.2 Å². The minimum atomic E-state index is -0.331. The number of aliphatic hydroxyl groups is 1. The first kappa shape index (κ1) is 30.8. The van der Waals surface area contributed by atoms with Gasteiger partial charge in [-0.2, -0.15) is 0 Å². The molecule has 0 bridgehead atoms. The molecule has 2 aliphatic carbocycles. The van der Waals surface area contributed by atoms with Gasteiger partial charge in [0, 0.05) is 52.1 Å². The molecule has 1 N–H and O–H groups in total. The summed E-state index contributed by atoms with van der Waals surface area (Å²) in [6, 6.07) is 4.82. The number of anilines is 2. The molecule has 2 aromatic heterocycles. The quantitative estimate of drug-likeness (QED) is 0.300. The highest BCUT2D eigenvalue weighted by atomic mass is 79.9. The molecule has 0 aliphatic heterocycles. The highest BCUT2D eigenvalue weighted by Crippen LogP contribution is 2.31. The van der Waals surface area contributed by atoms with Gasteiger partial charge in [0.05, 0.1) is 13.7 Å². The predicted molar refractivity (Wildman–Crippen MR) is 161 cm³/mol. The molecule has 0 aromatic carbocycles. The van der Waals surface area contributed by atoms with Crippen LogP contribution in [0.5, 0.6) is 0 Å². The van der Waals surface area contributed by atoms with Crippen molar-refractivity contribution in [2.75, 3.05) is 30.0 Å². The molecule has 38 heavy (non-hydrogen) atoms. The monoisotopic (exact) mass is 652 g/mol. The maximum Gasteiger partial charge on any atom is 0.341 e. The van der Waals surface area contributed by atoms with Crippen LogP contribution in [-0.2, 0) is 11.3 Å². The van der Waals surface area contributed by atoms with Gasteiger partial charge < -0.3 is 19.6 Å². The summed E-state index contributed by atoms with van der Waals surface area (Å²) in [5, 5.41) is 9.50. The second kappa shape index (κ2) is 15.8. The summed E-state index contributed by atoms with van der Waals surface area (Å²) >= 11 is 6.78. The van der Waals surface area contributed by atoms with E-state index >= 15 is 0 Å². The lowest BCUT2D eigenvalue weighted by molar-refractivity contribution is 0.0600. The molecule has 7 nitrogen and oxygen atoms in total. The van der Waals surface area contributed by atoms with Crippen molar-refractivity contribution < 1.29 is 14.6 Å². The number of pyridine rings is 2. The van der Waals surface area contributed by atoms with Gasteiger partial charge in [0.2, 0.25) is 0 Å². The number of hydrogen-bond acceptors (Lipinski definition) is 7. The Morgan fingerprint density at radius 3 is 1.82 bits per heavy atom. The Bertz CT molecular complexity index is 1030. The van der Waals surface area contributed by atoms with Gasteiger partial charge in [-0.25, -0.2) is 14.8 Å². The van der Waals surface area contributed by atoms with Crippen LogP contribution in [0.4, 0.5) is 11.6 Å². The highest BCUT2D eigenvalue weighted by molar-refractivity contribution is 9.10. The summed E-state index contributed by atoms with van der Waals surface area (Å²) in [6.07, 6.45) is 16.2. The number of halogens is 2. The fraction of sp³-hybridized carbons (Fsp3) is 0.621. The molecule has 2 aromatic rings. The number of methoxy groups -OCH3 is 1. The Morgan fingerprint density at radius 2 is 1.34 bits per heavy atom. The standard InChI is InChI=1S/C15H21BrN2O2.C14H21BrN2O/c1-3-18(12-7-5-4-6-8-12)14-13(15(19)20-2)9-11(16)10-17-14;1-2-17(13-6-4-3-5-7-13)14-11(10-18)8-12(15)9-16-14/h9-10,12H,3-8H2,1-2H3;8-9,13,18H,2-7,10H2,1H3. The lowest BCUT2D eigenvalue weighted by Gasteiger charge is -2.35. The predicted octanol–water partition coefficient (Wildman–Crippen LogP) is 7.29. The molecular weight excluding hydrogens is 612 g/mol. The van der Waals surface area contributed by atoms with Gasteiger partial charge in [-0.1, -0.05) is 38.5 Å². The van der Waals surface area contributed by atoms with Crippen molar-refractivity contribution in [3.63, 3.8) is 0 Å². The van der Waals surface area contributed by atoms with Crippen molar-refractivity contribution in [1.29, 1.82) is 0 Å². The van der Waals surface area contributed by atoms with Crippen molar-refractivity contribution in [2.24, 2.45) is 0 Å². The molecular formula is C29H42Br2N4O3. The minimum absolute atomic E-state index is 0.0466. The van der Waals surface area contributed by atoms with E-state index in [1.807, 2.05) is 12.3 Å². The third-order valence-electron chi connectivity index (χ3n) is 7.57. The van der Waals surface area contributed by atoms with E-state index in [1.54, 1.807) is 12.3 Å². The van der Waals surface area contributed by atoms with Gasteiger partial charge in [0.1, 0.15) is 17.2 Å². The largest absolute Gasteiger partial charge is 0.465 e. The summed E-state index contributed by atoms with van der Waals surface area (Å²) in [5.74, 6) is 1.37. The van der Waals surface area contributed by atoms with Gasteiger partial charge in [-0.15, -0.1) is 0 Å². The van der Waals surface area contributed by atoms with Crippen molar-refractivity contribution in [2.45, 2.75) is 96.7 Å². The summed E-state index contributed by atoms with van der Waals surface area (Å²) in [5.41, 5.74) is 1.45. The van der Waals surface area contributed by atoms with E-state index in [-0.39, 0.29) is 12.6 Å². The molecule has 4 rings (SSSR count). The molecule has 2 heterocycles. The van der Waals surface area contributed by atoms with Crippen LogP contribution in [-0.4, -0.2) is 53.3 Å². The molecule has 2 saturated carbocycles. The Kier molecular flexibility index (Phi) is 12.8. The second-order valence-corrected chi connectivity index (χ2v) is 11.8. The molecule has 0 spiro atoms. The Labute approximate surface area is 244 Å². The average molecular weight is 654 g/mol. The molecule has 2 fully saturated rings. The summed E-state index contributed by atoms with van der Waals surface area (Å²) in [7, 11) is 1.41. The lowest BCUT2D eigenvalue weighted by Crippen LogP contribution is -2.38. The van der Waals surface area contributed by atoms with E-state index in [4.69, 9.17) is 4.74 Å². The van der Waals surface area contributed by atoms with Gasteiger partial charge >= 0.3 is 5.97 Å². The number of hydrogen-bond donors (Lipinski definition) is 1. The maximum absolute atomic E-state index is 12.0. The molecule has 0 radical (unpaired) electrons. The molecule has 210 valence electrons. The molecule has 0 atom stereocenters. The zero-order valence-electron chi connectivity index (χ0n) is 23.0. The van der Waals surface area contributed by atoms with Crippen molar-refractivity contribution in [3.05, 3.63) is 44.6 Å². The van der Waals surface area contributed by atoms with Crippen molar-refractivity contribution in [3.8, 4) is 0 Å². The van der Waals surface area contributed by atoms with E-state index in [2.05, 4.69) is 65.5 Å². The zero-order valence-corrected chi connectivity index (χ0v) is 26.1. The smallest absolute Gasteiger partial charge is 0.341 e. The topological polar surface area (TPSA) is 78.8 Å². The Morgan fingerprint density at radius 1 is 0.868 bits per heavy atom. The third-order valence-corrected chi connectivity index (χ3v) is 8.44. The summed E-state index contributed by atoms with van der Waals surface area (Å²) in [4.78, 5) is 25.6. The number of carbonyl (C=O) groups excluding carboxylic acids is 1. The number of esters is 1. The van der Waals surface area contributed by atoms with Gasteiger partial charge in [0.25, 0.3) is 0 Å². The fourth-order valence-electron chi connectivity index (χ4n) is 5.72. The lowest BCUT2D eigenvalue weighted by atomic mass is 9.94. The summed E-state index contributed by atoms with van der Waals surface area (Å²) in [6.45, 7) is 6.12. The third kappa shape index (κ3) is 8.15. The fourth-order valence-corrected chi connectivity index (χ4v) is 6.43.